The van der Waals surface area contributed by atoms with Gasteiger partial charge in [0.15, 0.2) is 5.16 Å². The van der Waals surface area contributed by atoms with Gasteiger partial charge in [-0.3, -0.25) is 14.4 Å². The van der Waals surface area contributed by atoms with E-state index in [1.807, 2.05) is 37.3 Å². The van der Waals surface area contributed by atoms with Gasteiger partial charge in [0, 0.05) is 17.9 Å². The van der Waals surface area contributed by atoms with Crippen LogP contribution in [-0.4, -0.2) is 21.8 Å². The third kappa shape index (κ3) is 4.44. The van der Waals surface area contributed by atoms with E-state index in [4.69, 9.17) is 0 Å². The van der Waals surface area contributed by atoms with Crippen LogP contribution in [0.3, 0.4) is 0 Å². The highest BCUT2D eigenvalue weighted by atomic mass is 32.2. The van der Waals surface area contributed by atoms with Gasteiger partial charge in [0.1, 0.15) is 5.82 Å². The molecule has 0 aliphatic carbocycles. The topological polar surface area (TPSA) is 104 Å². The molecule has 7 nitrogen and oxygen atoms in total. The van der Waals surface area contributed by atoms with E-state index in [-0.39, 0.29) is 23.7 Å². The van der Waals surface area contributed by atoms with Gasteiger partial charge in [0.25, 0.3) is 5.56 Å². The summed E-state index contributed by atoms with van der Waals surface area (Å²) in [5.74, 6) is -0.891. The summed E-state index contributed by atoms with van der Waals surface area (Å²) in [6.45, 7) is 2.02. The maximum Gasteiger partial charge on any atom is 0.257 e. The first-order chi connectivity index (χ1) is 14.5. The summed E-state index contributed by atoms with van der Waals surface area (Å²) < 4.78 is 0. The van der Waals surface area contributed by atoms with E-state index < -0.39 is 17.4 Å². The lowest BCUT2D eigenvalue weighted by Gasteiger charge is -2.23. The summed E-state index contributed by atoms with van der Waals surface area (Å²) in [5, 5.41) is 5.79. The Bertz CT molecular complexity index is 1140. The van der Waals surface area contributed by atoms with Gasteiger partial charge in [0.05, 0.1) is 11.5 Å². The molecule has 1 aromatic heterocycles. The van der Waals surface area contributed by atoms with Crippen molar-refractivity contribution in [2.24, 2.45) is 0 Å². The van der Waals surface area contributed by atoms with Crippen LogP contribution in [0, 0.1) is 6.92 Å². The molecule has 2 aromatic carbocycles. The molecular weight excluding hydrogens is 400 g/mol. The standard InChI is InChI=1S/C22H20N4O3S/c1-13-7-9-14(10-8-13)12-30-22-25-19-18(21(29)26-22)16(11-17(27)24-19)20(28)23-15-5-3-2-4-6-15/h2-10,16H,11-12H2,1H3,(H,23,28)(H2,24,25,26,27,29)/t16-/m0/s1. The first kappa shape index (κ1) is 19.9. The summed E-state index contributed by atoms with van der Waals surface area (Å²) in [6, 6.07) is 17.0. The van der Waals surface area contributed by atoms with Gasteiger partial charge in [-0.15, -0.1) is 0 Å². The van der Waals surface area contributed by atoms with Crippen molar-refractivity contribution >= 4 is 35.1 Å². The van der Waals surface area contributed by atoms with Crippen LogP contribution < -0.4 is 16.2 Å². The molecule has 0 bridgehead atoms. The monoisotopic (exact) mass is 420 g/mol. The quantitative estimate of drug-likeness (QED) is 0.433. The van der Waals surface area contributed by atoms with E-state index in [9.17, 15) is 14.4 Å². The molecule has 3 N–H and O–H groups in total. The van der Waals surface area contributed by atoms with Gasteiger partial charge < -0.3 is 15.6 Å². The lowest BCUT2D eigenvalue weighted by atomic mass is 9.92. The number of fused-ring (bicyclic) bond motifs is 1. The number of carbonyl (C=O) groups excluding carboxylic acids is 2. The summed E-state index contributed by atoms with van der Waals surface area (Å²) in [5.41, 5.74) is 2.63. The van der Waals surface area contributed by atoms with Crippen LogP contribution in [0.5, 0.6) is 0 Å². The SMILES string of the molecule is Cc1ccc(CSc2nc3c(c(=O)[nH]2)[C@@H](C(=O)Nc2ccccc2)CC(=O)N3)cc1. The average molecular weight is 420 g/mol. The number of aromatic amines is 1. The van der Waals surface area contributed by atoms with Gasteiger partial charge in [-0.25, -0.2) is 4.98 Å². The van der Waals surface area contributed by atoms with Crippen LogP contribution in [0.25, 0.3) is 0 Å². The van der Waals surface area contributed by atoms with Crippen LogP contribution in [-0.2, 0) is 15.3 Å². The zero-order chi connectivity index (χ0) is 21.1. The second kappa shape index (κ2) is 8.54. The predicted octanol–water partition coefficient (Wildman–Crippen LogP) is 3.44. The number of benzene rings is 2. The van der Waals surface area contributed by atoms with Crippen molar-refractivity contribution in [1.82, 2.24) is 9.97 Å². The number of amides is 2. The number of para-hydroxylation sites is 1. The highest BCUT2D eigenvalue weighted by molar-refractivity contribution is 7.98. The van der Waals surface area contributed by atoms with E-state index in [1.54, 1.807) is 24.3 Å². The molecule has 1 aliphatic rings. The molecule has 8 heteroatoms. The second-order valence-corrected chi connectivity index (χ2v) is 8.03. The molecule has 152 valence electrons. The first-order valence-corrected chi connectivity index (χ1v) is 10.5. The number of thioether (sulfide) groups is 1. The number of carbonyl (C=O) groups is 2. The van der Waals surface area contributed by atoms with Crippen LogP contribution in [0.4, 0.5) is 11.5 Å². The van der Waals surface area contributed by atoms with Crippen molar-refractivity contribution in [1.29, 1.82) is 0 Å². The van der Waals surface area contributed by atoms with Gasteiger partial charge in [0.2, 0.25) is 11.8 Å². The molecule has 0 spiro atoms. The Hall–Kier alpha value is -3.39. The van der Waals surface area contributed by atoms with E-state index in [1.165, 1.54) is 17.3 Å². The first-order valence-electron chi connectivity index (χ1n) is 9.48. The molecule has 0 saturated carbocycles. The molecule has 4 rings (SSSR count). The summed E-state index contributed by atoms with van der Waals surface area (Å²) >= 11 is 1.36. The Balaban J connectivity index is 1.57. The molecule has 0 fully saturated rings. The number of nitrogens with one attached hydrogen (secondary N) is 3. The van der Waals surface area contributed by atoms with E-state index in [0.29, 0.717) is 16.6 Å². The molecule has 1 atom stereocenters. The van der Waals surface area contributed by atoms with Gasteiger partial charge in [-0.2, -0.15) is 0 Å². The third-order valence-corrected chi connectivity index (χ3v) is 5.73. The summed E-state index contributed by atoms with van der Waals surface area (Å²) in [7, 11) is 0. The number of rotatable bonds is 5. The summed E-state index contributed by atoms with van der Waals surface area (Å²) in [4.78, 5) is 44.9. The molecule has 30 heavy (non-hydrogen) atoms. The Morgan fingerprint density at radius 2 is 1.87 bits per heavy atom. The Morgan fingerprint density at radius 3 is 2.60 bits per heavy atom. The zero-order valence-electron chi connectivity index (χ0n) is 16.3. The van der Waals surface area contributed by atoms with Gasteiger partial charge >= 0.3 is 0 Å². The van der Waals surface area contributed by atoms with Crippen molar-refractivity contribution in [3.05, 3.63) is 81.6 Å². The highest BCUT2D eigenvalue weighted by Crippen LogP contribution is 2.31. The number of H-pyrrole nitrogens is 1. The number of nitrogens with zero attached hydrogens (tertiary/aromatic N) is 1. The molecular formula is C22H20N4O3S. The van der Waals surface area contributed by atoms with Crippen molar-refractivity contribution in [3.8, 4) is 0 Å². The minimum Gasteiger partial charge on any atom is -0.326 e. The van der Waals surface area contributed by atoms with E-state index in [0.717, 1.165) is 5.56 Å². The largest absolute Gasteiger partial charge is 0.326 e. The van der Waals surface area contributed by atoms with Crippen LogP contribution in [0.2, 0.25) is 0 Å². The Labute approximate surface area is 177 Å². The minimum atomic E-state index is -0.902. The smallest absolute Gasteiger partial charge is 0.257 e. The lowest BCUT2D eigenvalue weighted by molar-refractivity contribution is -0.123. The number of aryl methyl sites for hydroxylation is 1. The van der Waals surface area contributed by atoms with Crippen LogP contribution in [0.15, 0.2) is 64.5 Å². The normalized spacial score (nSPS) is 15.2. The van der Waals surface area contributed by atoms with Crippen molar-refractivity contribution in [3.63, 3.8) is 0 Å². The highest BCUT2D eigenvalue weighted by Gasteiger charge is 2.34. The lowest BCUT2D eigenvalue weighted by Crippen LogP contribution is -2.36. The maximum absolute atomic E-state index is 12.8. The number of hydrogen-bond donors (Lipinski definition) is 3. The molecule has 0 radical (unpaired) electrons. The fraction of sp³-hybridized carbons (Fsp3) is 0.182. The molecule has 0 unspecified atom stereocenters. The number of hydrogen-bond acceptors (Lipinski definition) is 5. The van der Waals surface area contributed by atoms with Crippen molar-refractivity contribution in [2.75, 3.05) is 10.6 Å². The molecule has 2 amide bonds. The average Bonchev–Trinajstić information content (AvgIpc) is 2.73. The summed E-state index contributed by atoms with van der Waals surface area (Å²) in [6.07, 6.45) is -0.105. The van der Waals surface area contributed by atoms with Crippen LogP contribution in [0.1, 0.15) is 29.0 Å². The minimum absolute atomic E-state index is 0.105. The Kier molecular flexibility index (Phi) is 5.67. The zero-order valence-corrected chi connectivity index (χ0v) is 17.1. The fourth-order valence-electron chi connectivity index (χ4n) is 3.23. The van der Waals surface area contributed by atoms with Gasteiger partial charge in [-0.05, 0) is 24.6 Å². The Morgan fingerprint density at radius 1 is 1.13 bits per heavy atom. The van der Waals surface area contributed by atoms with Crippen molar-refractivity contribution < 1.29 is 9.59 Å². The molecule has 2 heterocycles. The van der Waals surface area contributed by atoms with E-state index >= 15 is 0 Å². The molecule has 1 aliphatic heterocycles. The molecule has 0 saturated heterocycles. The van der Waals surface area contributed by atoms with Gasteiger partial charge in [-0.1, -0.05) is 59.8 Å². The van der Waals surface area contributed by atoms with Crippen LogP contribution >= 0.6 is 11.8 Å². The number of anilines is 2. The predicted molar refractivity (Wildman–Crippen MR) is 117 cm³/mol. The van der Waals surface area contributed by atoms with E-state index in [2.05, 4.69) is 20.6 Å². The maximum atomic E-state index is 12.8. The fourth-order valence-corrected chi connectivity index (χ4v) is 4.05. The second-order valence-electron chi connectivity index (χ2n) is 7.07. The third-order valence-electron chi connectivity index (χ3n) is 4.78. The number of aromatic nitrogens is 2. The molecule has 3 aromatic rings. The van der Waals surface area contributed by atoms with Crippen molar-refractivity contribution in [2.45, 2.75) is 30.2 Å².